The number of hydrogen-bond donors (Lipinski definition) is 0. The molecule has 0 saturated carbocycles. The van der Waals surface area contributed by atoms with Crippen molar-refractivity contribution in [2.24, 2.45) is 4.99 Å². The maximum atomic E-state index is 12.9. The number of halogens is 2. The molecule has 2 aromatic carbocycles. The van der Waals surface area contributed by atoms with Crippen molar-refractivity contribution < 1.29 is 9.53 Å². The smallest absolute Gasteiger partial charge is 0.279 e. The molecule has 0 aliphatic carbocycles. The van der Waals surface area contributed by atoms with Crippen molar-refractivity contribution in [2.75, 3.05) is 13.7 Å². The Kier molecular flexibility index (Phi) is 5.69. The van der Waals surface area contributed by atoms with E-state index < -0.39 is 0 Å². The number of ether oxygens (including phenoxy) is 1. The minimum atomic E-state index is -0.326. The molecular formula is C21H17Cl2N3O2S. The normalized spacial score (nSPS) is 12.2. The molecular weight excluding hydrogens is 429 g/mol. The van der Waals surface area contributed by atoms with Crippen LogP contribution in [0.25, 0.3) is 21.1 Å². The van der Waals surface area contributed by atoms with E-state index in [-0.39, 0.29) is 5.91 Å². The third-order valence-electron chi connectivity index (χ3n) is 4.49. The number of benzene rings is 2. The minimum absolute atomic E-state index is 0.326. The van der Waals surface area contributed by atoms with E-state index in [1.807, 2.05) is 41.8 Å². The van der Waals surface area contributed by atoms with Crippen LogP contribution in [0.5, 0.6) is 0 Å². The molecule has 4 rings (SSSR count). The third-order valence-corrected chi connectivity index (χ3v) is 6.02. The number of aryl methyl sites for hydroxylation is 1. The van der Waals surface area contributed by atoms with Crippen LogP contribution in [0.15, 0.2) is 47.5 Å². The zero-order valence-corrected chi connectivity index (χ0v) is 18.1. The van der Waals surface area contributed by atoms with Gasteiger partial charge in [0.15, 0.2) is 4.80 Å². The lowest BCUT2D eigenvalue weighted by Gasteiger charge is -2.06. The number of carbonyl (C=O) groups is 1. The van der Waals surface area contributed by atoms with E-state index in [2.05, 4.69) is 9.98 Å². The summed E-state index contributed by atoms with van der Waals surface area (Å²) in [6, 6.07) is 12.8. The monoisotopic (exact) mass is 445 g/mol. The SMILES string of the molecule is COCCn1c(=NC(=O)c2ccc3nc(C)ccc3c2)sc2cc(Cl)cc(Cl)c21. The number of carbonyl (C=O) groups excluding carboxylic acids is 1. The highest BCUT2D eigenvalue weighted by atomic mass is 35.5. The molecule has 0 aliphatic rings. The molecule has 0 unspecified atom stereocenters. The predicted octanol–water partition coefficient (Wildman–Crippen LogP) is 5.25. The van der Waals surface area contributed by atoms with Crippen LogP contribution in [-0.2, 0) is 11.3 Å². The Morgan fingerprint density at radius 2 is 2.03 bits per heavy atom. The van der Waals surface area contributed by atoms with Gasteiger partial charge in [-0.25, -0.2) is 0 Å². The highest BCUT2D eigenvalue weighted by Crippen LogP contribution is 2.29. The predicted molar refractivity (Wildman–Crippen MR) is 118 cm³/mol. The highest BCUT2D eigenvalue weighted by molar-refractivity contribution is 7.16. The maximum absolute atomic E-state index is 12.9. The van der Waals surface area contributed by atoms with Crippen LogP contribution in [0.4, 0.5) is 0 Å². The highest BCUT2D eigenvalue weighted by Gasteiger charge is 2.13. The van der Waals surface area contributed by atoms with E-state index in [0.29, 0.717) is 33.6 Å². The number of pyridine rings is 1. The molecule has 0 aliphatic heterocycles. The van der Waals surface area contributed by atoms with Crippen molar-refractivity contribution in [3.63, 3.8) is 0 Å². The zero-order valence-electron chi connectivity index (χ0n) is 15.8. The van der Waals surface area contributed by atoms with Gasteiger partial charge in [0.05, 0.1) is 27.4 Å². The lowest BCUT2D eigenvalue weighted by Crippen LogP contribution is -2.19. The van der Waals surface area contributed by atoms with Crippen LogP contribution in [0.3, 0.4) is 0 Å². The maximum Gasteiger partial charge on any atom is 0.279 e. The van der Waals surface area contributed by atoms with Gasteiger partial charge in [0, 0.05) is 35.3 Å². The summed E-state index contributed by atoms with van der Waals surface area (Å²) >= 11 is 13.9. The Balaban J connectivity index is 1.83. The van der Waals surface area contributed by atoms with Gasteiger partial charge in [-0.2, -0.15) is 4.99 Å². The first kappa shape index (κ1) is 20.0. The topological polar surface area (TPSA) is 56.5 Å². The average Bonchev–Trinajstić information content (AvgIpc) is 3.02. The van der Waals surface area contributed by atoms with Crippen LogP contribution in [0, 0.1) is 6.92 Å². The second-order valence-corrected chi connectivity index (χ2v) is 8.39. The number of rotatable bonds is 4. The van der Waals surface area contributed by atoms with Crippen molar-refractivity contribution >= 4 is 61.6 Å². The Bertz CT molecular complexity index is 1310. The Hall–Kier alpha value is -2.25. The summed E-state index contributed by atoms with van der Waals surface area (Å²) in [5, 5.41) is 1.95. The summed E-state index contributed by atoms with van der Waals surface area (Å²) in [6.07, 6.45) is 0. The van der Waals surface area contributed by atoms with E-state index in [1.165, 1.54) is 11.3 Å². The van der Waals surface area contributed by atoms with Crippen LogP contribution < -0.4 is 4.80 Å². The summed E-state index contributed by atoms with van der Waals surface area (Å²) < 4.78 is 7.97. The standard InChI is InChI=1S/C21H17Cl2N3O2S/c1-12-3-4-13-9-14(5-6-17(13)24-12)20(27)25-21-26(7-8-28-2)19-16(23)10-15(22)11-18(19)29-21/h3-6,9-11H,7-8H2,1-2H3. The van der Waals surface area contributed by atoms with Gasteiger partial charge < -0.3 is 9.30 Å². The van der Waals surface area contributed by atoms with E-state index in [1.54, 1.807) is 19.2 Å². The van der Waals surface area contributed by atoms with Gasteiger partial charge in [-0.1, -0.05) is 40.6 Å². The van der Waals surface area contributed by atoms with Gasteiger partial charge in [-0.15, -0.1) is 0 Å². The molecule has 0 atom stereocenters. The fourth-order valence-corrected chi connectivity index (χ4v) is 4.95. The minimum Gasteiger partial charge on any atom is -0.383 e. The zero-order chi connectivity index (χ0) is 20.5. The van der Waals surface area contributed by atoms with Crippen molar-refractivity contribution in [3.8, 4) is 0 Å². The summed E-state index contributed by atoms with van der Waals surface area (Å²) in [6.45, 7) is 2.92. The average molecular weight is 446 g/mol. The Morgan fingerprint density at radius 3 is 2.83 bits per heavy atom. The number of aromatic nitrogens is 2. The number of thiazole rings is 1. The van der Waals surface area contributed by atoms with E-state index in [9.17, 15) is 4.79 Å². The van der Waals surface area contributed by atoms with Crippen LogP contribution in [0.2, 0.25) is 10.0 Å². The number of amides is 1. The summed E-state index contributed by atoms with van der Waals surface area (Å²) in [5.41, 5.74) is 3.08. The van der Waals surface area contributed by atoms with Gasteiger partial charge in [0.2, 0.25) is 0 Å². The molecule has 0 fully saturated rings. The first-order valence-electron chi connectivity index (χ1n) is 8.90. The van der Waals surface area contributed by atoms with Gasteiger partial charge in [0.1, 0.15) is 0 Å². The number of methoxy groups -OCH3 is 1. The van der Waals surface area contributed by atoms with E-state index >= 15 is 0 Å². The van der Waals surface area contributed by atoms with E-state index in [4.69, 9.17) is 27.9 Å². The fraction of sp³-hybridized carbons (Fsp3) is 0.190. The fourth-order valence-electron chi connectivity index (χ4n) is 3.12. The Labute approximate surface area is 181 Å². The van der Waals surface area contributed by atoms with E-state index in [0.717, 1.165) is 26.8 Å². The molecule has 0 saturated heterocycles. The van der Waals surface area contributed by atoms with Crippen molar-refractivity contribution in [3.05, 3.63) is 68.6 Å². The lowest BCUT2D eigenvalue weighted by molar-refractivity contribution is 0.0997. The van der Waals surface area contributed by atoms with Gasteiger partial charge in [-0.3, -0.25) is 9.78 Å². The molecule has 0 radical (unpaired) electrons. The second kappa shape index (κ2) is 8.24. The van der Waals surface area contributed by atoms with Crippen molar-refractivity contribution in [1.29, 1.82) is 0 Å². The largest absolute Gasteiger partial charge is 0.383 e. The third kappa shape index (κ3) is 4.07. The molecule has 2 aromatic heterocycles. The first-order chi connectivity index (χ1) is 14.0. The van der Waals surface area contributed by atoms with Crippen LogP contribution in [0.1, 0.15) is 16.1 Å². The summed E-state index contributed by atoms with van der Waals surface area (Å²) in [7, 11) is 1.63. The molecule has 0 N–H and O–H groups in total. The molecule has 8 heteroatoms. The lowest BCUT2D eigenvalue weighted by atomic mass is 10.1. The second-order valence-electron chi connectivity index (χ2n) is 6.54. The summed E-state index contributed by atoms with van der Waals surface area (Å²) in [5.74, 6) is -0.326. The van der Waals surface area contributed by atoms with Crippen molar-refractivity contribution in [1.82, 2.24) is 9.55 Å². The van der Waals surface area contributed by atoms with Gasteiger partial charge >= 0.3 is 0 Å². The summed E-state index contributed by atoms with van der Waals surface area (Å²) in [4.78, 5) is 22.3. The molecule has 0 spiro atoms. The number of hydrogen-bond acceptors (Lipinski definition) is 4. The van der Waals surface area contributed by atoms with Crippen LogP contribution >= 0.6 is 34.5 Å². The molecule has 29 heavy (non-hydrogen) atoms. The molecule has 5 nitrogen and oxygen atoms in total. The molecule has 4 aromatic rings. The van der Waals surface area contributed by atoms with Crippen molar-refractivity contribution in [2.45, 2.75) is 13.5 Å². The van der Waals surface area contributed by atoms with Crippen LogP contribution in [-0.4, -0.2) is 29.2 Å². The number of fused-ring (bicyclic) bond motifs is 2. The molecule has 0 bridgehead atoms. The van der Waals surface area contributed by atoms with Gasteiger partial charge in [-0.05, 0) is 43.3 Å². The molecule has 2 heterocycles. The molecule has 1 amide bonds. The van der Waals surface area contributed by atoms with Gasteiger partial charge in [0.25, 0.3) is 5.91 Å². The number of nitrogens with zero attached hydrogens (tertiary/aromatic N) is 3. The first-order valence-corrected chi connectivity index (χ1v) is 10.5. The quantitative estimate of drug-likeness (QED) is 0.430. The molecule has 148 valence electrons. The Morgan fingerprint density at radius 1 is 1.21 bits per heavy atom.